The van der Waals surface area contributed by atoms with E-state index in [1.165, 1.54) is 122 Å². The highest BCUT2D eigenvalue weighted by Crippen LogP contribution is 2.43. The van der Waals surface area contributed by atoms with Crippen LogP contribution in [0.1, 0.15) is 194 Å². The lowest BCUT2D eigenvalue weighted by Crippen LogP contribution is -2.29. The first kappa shape index (κ1) is 47.8. The molecule has 0 fully saturated rings. The van der Waals surface area contributed by atoms with E-state index in [-0.39, 0.29) is 38.6 Å². The number of rotatable bonds is 38. The highest BCUT2D eigenvalue weighted by molar-refractivity contribution is 7.47. The average Bonchev–Trinajstić information content (AvgIpc) is 3.08. The molecule has 2 atom stereocenters. The smallest absolute Gasteiger partial charge is 0.462 e. The Hall–Kier alpha value is -1.25. The van der Waals surface area contributed by atoms with Crippen molar-refractivity contribution in [2.45, 2.75) is 200 Å². The van der Waals surface area contributed by atoms with Crippen LogP contribution in [0.5, 0.6) is 0 Å². The van der Waals surface area contributed by atoms with Crippen molar-refractivity contribution in [1.29, 1.82) is 0 Å². The highest BCUT2D eigenvalue weighted by atomic mass is 31.2. The van der Waals surface area contributed by atoms with E-state index in [9.17, 15) is 19.0 Å². The van der Waals surface area contributed by atoms with E-state index < -0.39 is 26.5 Å². The van der Waals surface area contributed by atoms with E-state index in [2.05, 4.69) is 26.0 Å². The number of phosphoric ester groups is 1. The summed E-state index contributed by atoms with van der Waals surface area (Å²) in [5, 5.41) is 0. The molecule has 0 rings (SSSR count). The summed E-state index contributed by atoms with van der Waals surface area (Å²) in [4.78, 5) is 34.6. The molecular weight excluding hydrogens is 641 g/mol. The topological polar surface area (TPSA) is 134 Å². The van der Waals surface area contributed by atoms with Crippen molar-refractivity contribution in [3.63, 3.8) is 0 Å². The average molecular weight is 718 g/mol. The maximum absolute atomic E-state index is 12.5. The van der Waals surface area contributed by atoms with Gasteiger partial charge in [0.2, 0.25) is 0 Å². The van der Waals surface area contributed by atoms with Gasteiger partial charge in [-0.05, 0) is 38.5 Å². The molecule has 0 radical (unpaired) electrons. The summed E-state index contributed by atoms with van der Waals surface area (Å²) in [5.74, 6) is -0.830. The maximum atomic E-state index is 12.5. The molecule has 0 saturated heterocycles. The minimum Gasteiger partial charge on any atom is -0.462 e. The second kappa shape index (κ2) is 36.5. The van der Waals surface area contributed by atoms with Crippen molar-refractivity contribution in [3.05, 3.63) is 12.2 Å². The van der Waals surface area contributed by atoms with E-state index in [4.69, 9.17) is 24.3 Å². The van der Waals surface area contributed by atoms with Gasteiger partial charge in [-0.2, -0.15) is 0 Å². The zero-order valence-electron chi connectivity index (χ0n) is 31.7. The fourth-order valence-electron chi connectivity index (χ4n) is 5.63. The molecule has 0 aliphatic heterocycles. The number of ether oxygens (including phenoxy) is 2. The van der Waals surface area contributed by atoms with Gasteiger partial charge in [0.05, 0.1) is 13.2 Å². The molecule has 0 heterocycles. The third-order valence-electron chi connectivity index (χ3n) is 8.65. The molecule has 0 saturated carbocycles. The van der Waals surface area contributed by atoms with Crippen LogP contribution in [0.15, 0.2) is 12.2 Å². The van der Waals surface area contributed by atoms with Crippen LogP contribution in [0.2, 0.25) is 0 Å². The molecule has 3 N–H and O–H groups in total. The summed E-state index contributed by atoms with van der Waals surface area (Å²) in [6.07, 6.45) is 35.5. The molecule has 0 aromatic rings. The Balaban J connectivity index is 4.02. The lowest BCUT2D eigenvalue weighted by atomic mass is 10.0. The van der Waals surface area contributed by atoms with Crippen LogP contribution < -0.4 is 5.73 Å². The minimum absolute atomic E-state index is 0.0558. The van der Waals surface area contributed by atoms with Gasteiger partial charge in [-0.1, -0.05) is 154 Å². The van der Waals surface area contributed by atoms with Gasteiger partial charge in [0.25, 0.3) is 0 Å². The first-order valence-corrected chi connectivity index (χ1v) is 21.7. The molecule has 0 aliphatic carbocycles. The van der Waals surface area contributed by atoms with E-state index in [1.54, 1.807) is 0 Å². The highest BCUT2D eigenvalue weighted by Gasteiger charge is 2.26. The zero-order chi connectivity index (χ0) is 36.1. The summed E-state index contributed by atoms with van der Waals surface area (Å²) >= 11 is 0. The zero-order valence-corrected chi connectivity index (χ0v) is 32.6. The molecule has 0 spiro atoms. The molecule has 0 aromatic heterocycles. The SMILES string of the molecule is CCCCCCCC/C=C\CCCCCCCCCCCCCC(=O)O[C@H](COC(=O)CCCCCCCCC)COP(=O)(O)OCCN. The summed E-state index contributed by atoms with van der Waals surface area (Å²) in [7, 11) is -4.36. The van der Waals surface area contributed by atoms with Crippen LogP contribution in [0, 0.1) is 0 Å². The maximum Gasteiger partial charge on any atom is 0.472 e. The summed E-state index contributed by atoms with van der Waals surface area (Å²) in [6, 6.07) is 0. The summed E-state index contributed by atoms with van der Waals surface area (Å²) in [6.45, 7) is 3.69. The van der Waals surface area contributed by atoms with Gasteiger partial charge in [0, 0.05) is 19.4 Å². The van der Waals surface area contributed by atoms with E-state index in [1.807, 2.05) is 0 Å². The number of esters is 2. The number of hydrogen-bond acceptors (Lipinski definition) is 8. The Morgan fingerprint density at radius 3 is 1.45 bits per heavy atom. The molecule has 290 valence electrons. The standard InChI is InChI=1S/C39H76NO8P/c1-3-5-7-9-11-12-13-14-15-16-17-18-19-20-21-22-23-24-26-28-30-32-39(42)48-37(36-47-49(43,44)46-34-33-40)35-45-38(41)31-29-27-25-10-8-6-4-2/h14-15,37H,3-13,16-36,40H2,1-2H3,(H,43,44)/b15-14-/t37-/m1/s1. The largest absolute Gasteiger partial charge is 0.472 e. The number of allylic oxidation sites excluding steroid dienone is 2. The minimum atomic E-state index is -4.36. The third kappa shape index (κ3) is 36.3. The second-order valence-electron chi connectivity index (χ2n) is 13.5. The van der Waals surface area contributed by atoms with Crippen LogP contribution in [0.3, 0.4) is 0 Å². The van der Waals surface area contributed by atoms with Crippen LogP contribution in [-0.4, -0.2) is 49.3 Å². The van der Waals surface area contributed by atoms with Gasteiger partial charge in [0.15, 0.2) is 6.10 Å². The Bertz CT molecular complexity index is 825. The van der Waals surface area contributed by atoms with Crippen molar-refractivity contribution < 1.29 is 37.6 Å². The van der Waals surface area contributed by atoms with Crippen molar-refractivity contribution in [1.82, 2.24) is 0 Å². The fourth-order valence-corrected chi connectivity index (χ4v) is 6.39. The summed E-state index contributed by atoms with van der Waals surface area (Å²) in [5.41, 5.74) is 5.32. The van der Waals surface area contributed by atoms with Gasteiger partial charge in [-0.25, -0.2) is 4.57 Å². The number of carbonyl (C=O) groups excluding carboxylic acids is 2. The molecule has 9 nitrogen and oxygen atoms in total. The quantitative estimate of drug-likeness (QED) is 0.0277. The van der Waals surface area contributed by atoms with Crippen LogP contribution >= 0.6 is 7.82 Å². The second-order valence-corrected chi connectivity index (χ2v) is 15.0. The Kier molecular flexibility index (Phi) is 35.6. The normalized spacial score (nSPS) is 13.5. The molecule has 1 unspecified atom stereocenters. The Morgan fingerprint density at radius 1 is 0.592 bits per heavy atom. The van der Waals surface area contributed by atoms with Gasteiger partial charge in [-0.3, -0.25) is 18.6 Å². The molecule has 0 amide bonds. The van der Waals surface area contributed by atoms with Gasteiger partial charge < -0.3 is 20.1 Å². The molecular formula is C39H76NO8P. The lowest BCUT2D eigenvalue weighted by Gasteiger charge is -2.19. The Morgan fingerprint density at radius 2 is 1.00 bits per heavy atom. The summed E-state index contributed by atoms with van der Waals surface area (Å²) < 4.78 is 32.6. The molecule has 10 heteroatoms. The van der Waals surface area contributed by atoms with E-state index >= 15 is 0 Å². The molecule has 0 bridgehead atoms. The van der Waals surface area contributed by atoms with Crippen molar-refractivity contribution in [2.24, 2.45) is 5.73 Å². The van der Waals surface area contributed by atoms with Gasteiger partial charge in [0.1, 0.15) is 6.61 Å². The number of nitrogens with two attached hydrogens (primary N) is 1. The Labute approximate surface area is 300 Å². The molecule has 0 aromatic carbocycles. The van der Waals surface area contributed by atoms with Crippen molar-refractivity contribution in [2.75, 3.05) is 26.4 Å². The molecule has 0 aliphatic rings. The van der Waals surface area contributed by atoms with Crippen LogP contribution in [0.4, 0.5) is 0 Å². The van der Waals surface area contributed by atoms with Crippen molar-refractivity contribution >= 4 is 19.8 Å². The molecule has 49 heavy (non-hydrogen) atoms. The van der Waals surface area contributed by atoms with Gasteiger partial charge >= 0.3 is 19.8 Å². The number of hydrogen-bond donors (Lipinski definition) is 2. The van der Waals surface area contributed by atoms with Crippen molar-refractivity contribution in [3.8, 4) is 0 Å². The van der Waals surface area contributed by atoms with E-state index in [0.29, 0.717) is 6.42 Å². The van der Waals surface area contributed by atoms with Crippen LogP contribution in [0.25, 0.3) is 0 Å². The van der Waals surface area contributed by atoms with Gasteiger partial charge in [-0.15, -0.1) is 0 Å². The number of carbonyl (C=O) groups is 2. The monoisotopic (exact) mass is 718 g/mol. The lowest BCUT2D eigenvalue weighted by molar-refractivity contribution is -0.161. The number of unbranched alkanes of at least 4 members (excludes halogenated alkanes) is 23. The third-order valence-corrected chi connectivity index (χ3v) is 9.64. The predicted molar refractivity (Wildman–Crippen MR) is 201 cm³/mol. The number of phosphoric acid groups is 1. The van der Waals surface area contributed by atoms with E-state index in [0.717, 1.165) is 38.5 Å². The first-order valence-electron chi connectivity index (χ1n) is 20.2. The first-order chi connectivity index (χ1) is 23.8. The fraction of sp³-hybridized carbons (Fsp3) is 0.897. The predicted octanol–water partition coefficient (Wildman–Crippen LogP) is 11.1. The van der Waals surface area contributed by atoms with Crippen LogP contribution in [-0.2, 0) is 32.7 Å².